The van der Waals surface area contributed by atoms with Crippen molar-refractivity contribution in [1.29, 1.82) is 0 Å². The first kappa shape index (κ1) is 13.8. The zero-order valence-corrected chi connectivity index (χ0v) is 10.2. The second kappa shape index (κ2) is 7.17. The Morgan fingerprint density at radius 2 is 2.00 bits per heavy atom. The second-order valence-electron chi connectivity index (χ2n) is 3.62. The van der Waals surface area contributed by atoms with E-state index in [1.54, 1.807) is 24.3 Å². The van der Waals surface area contributed by atoms with Crippen molar-refractivity contribution < 1.29 is 14.3 Å². The maximum atomic E-state index is 11.4. The fourth-order valence-electron chi connectivity index (χ4n) is 1.36. The molecule has 96 valence electrons. The second-order valence-corrected chi connectivity index (χ2v) is 3.62. The molecule has 0 saturated heterocycles. The molecule has 0 aliphatic carbocycles. The highest BCUT2D eigenvalue weighted by atomic mass is 16.5. The molecule has 0 atom stereocenters. The Morgan fingerprint density at radius 1 is 1.28 bits per heavy atom. The lowest BCUT2D eigenvalue weighted by Crippen LogP contribution is -2.08. The van der Waals surface area contributed by atoms with Crippen LogP contribution in [0.1, 0.15) is 5.56 Å². The van der Waals surface area contributed by atoms with E-state index in [4.69, 9.17) is 15.2 Å². The fourth-order valence-corrected chi connectivity index (χ4v) is 1.36. The first-order valence-corrected chi connectivity index (χ1v) is 5.56. The summed E-state index contributed by atoms with van der Waals surface area (Å²) in [5.41, 5.74) is 7.09. The first-order valence-electron chi connectivity index (χ1n) is 5.56. The van der Waals surface area contributed by atoms with Gasteiger partial charge in [-0.05, 0) is 17.7 Å². The number of rotatable bonds is 7. The van der Waals surface area contributed by atoms with E-state index < -0.39 is 0 Å². The summed E-state index contributed by atoms with van der Waals surface area (Å²) in [4.78, 5) is 11.4. The van der Waals surface area contributed by atoms with Gasteiger partial charge in [0.2, 0.25) is 0 Å². The van der Waals surface area contributed by atoms with Crippen LogP contribution in [0.25, 0.3) is 0 Å². The Morgan fingerprint density at radius 3 is 2.61 bits per heavy atom. The molecule has 2 N–H and O–H groups in total. The normalized spacial score (nSPS) is 9.56. The fraction of sp³-hybridized carbons (Fsp3) is 0.214. The highest BCUT2D eigenvalue weighted by molar-refractivity contribution is 5.73. The van der Waals surface area contributed by atoms with Crippen molar-refractivity contribution in [3.8, 4) is 5.75 Å². The molecule has 1 aromatic rings. The molecule has 0 fully saturated rings. The van der Waals surface area contributed by atoms with E-state index in [9.17, 15) is 4.79 Å². The lowest BCUT2D eigenvalue weighted by molar-refractivity contribution is -0.141. The third-order valence-corrected chi connectivity index (χ3v) is 2.14. The van der Waals surface area contributed by atoms with Crippen LogP contribution in [0.15, 0.2) is 43.5 Å². The van der Waals surface area contributed by atoms with Crippen molar-refractivity contribution >= 4 is 11.7 Å². The van der Waals surface area contributed by atoms with Crippen LogP contribution in [0.3, 0.4) is 0 Å². The molecule has 0 aliphatic rings. The topological polar surface area (TPSA) is 61.5 Å². The van der Waals surface area contributed by atoms with Crippen LogP contribution in [0, 0.1) is 0 Å². The number of hydrogen-bond acceptors (Lipinski definition) is 4. The molecule has 0 saturated carbocycles. The van der Waals surface area contributed by atoms with E-state index >= 15 is 0 Å². The van der Waals surface area contributed by atoms with Gasteiger partial charge >= 0.3 is 5.97 Å². The van der Waals surface area contributed by atoms with Gasteiger partial charge in [0.25, 0.3) is 0 Å². The van der Waals surface area contributed by atoms with Crippen LogP contribution in [0.5, 0.6) is 5.75 Å². The lowest BCUT2D eigenvalue weighted by Gasteiger charge is -2.08. The zero-order chi connectivity index (χ0) is 13.4. The summed E-state index contributed by atoms with van der Waals surface area (Å²) in [6.45, 7) is 7.64. The molecule has 1 aromatic carbocycles. The number of benzene rings is 1. The summed E-state index contributed by atoms with van der Waals surface area (Å²) in [6, 6.07) is 5.21. The number of hydrogen-bond donors (Lipinski definition) is 1. The predicted octanol–water partition coefficient (Wildman–Crippen LogP) is 2.11. The number of anilines is 1. The minimum absolute atomic E-state index is 0.180. The van der Waals surface area contributed by atoms with E-state index in [1.165, 1.54) is 6.08 Å². The molecule has 0 heterocycles. The number of nitrogen functional groups attached to an aromatic ring is 1. The molecule has 0 bridgehead atoms. The van der Waals surface area contributed by atoms with Crippen LogP contribution in [-0.2, 0) is 16.0 Å². The van der Waals surface area contributed by atoms with Gasteiger partial charge < -0.3 is 15.2 Å². The minimum atomic E-state index is -0.311. The van der Waals surface area contributed by atoms with Gasteiger partial charge in [-0.2, -0.15) is 0 Å². The number of esters is 1. The summed E-state index contributed by atoms with van der Waals surface area (Å²) in [5, 5.41) is 0. The summed E-state index contributed by atoms with van der Waals surface area (Å²) in [6.07, 6.45) is 3.35. The van der Waals surface area contributed by atoms with Gasteiger partial charge in [0.05, 0.1) is 12.1 Å². The number of nitrogens with two attached hydrogens (primary N) is 1. The van der Waals surface area contributed by atoms with Gasteiger partial charge in [-0.15, -0.1) is 0 Å². The van der Waals surface area contributed by atoms with Crippen LogP contribution in [0.4, 0.5) is 5.69 Å². The van der Waals surface area contributed by atoms with Gasteiger partial charge in [0.1, 0.15) is 19.0 Å². The Kier molecular flexibility index (Phi) is 5.51. The minimum Gasteiger partial charge on any atom is -0.487 e. The quantitative estimate of drug-likeness (QED) is 0.455. The van der Waals surface area contributed by atoms with Gasteiger partial charge in [-0.3, -0.25) is 4.79 Å². The largest absolute Gasteiger partial charge is 0.487 e. The molecule has 0 amide bonds. The van der Waals surface area contributed by atoms with E-state index in [1.807, 2.05) is 0 Å². The van der Waals surface area contributed by atoms with Crippen LogP contribution in [0.2, 0.25) is 0 Å². The summed E-state index contributed by atoms with van der Waals surface area (Å²) < 4.78 is 10.2. The number of carbonyl (C=O) groups excluding carboxylic acids is 1. The smallest absolute Gasteiger partial charge is 0.310 e. The molecule has 0 aliphatic heterocycles. The Hall–Kier alpha value is -2.23. The molecule has 18 heavy (non-hydrogen) atoms. The van der Waals surface area contributed by atoms with E-state index in [0.717, 1.165) is 5.56 Å². The summed E-state index contributed by atoms with van der Waals surface area (Å²) >= 11 is 0. The van der Waals surface area contributed by atoms with Crippen LogP contribution < -0.4 is 10.5 Å². The SMILES string of the molecule is C=CCOC(=O)Cc1ccc(OCC=C)c(N)c1. The maximum absolute atomic E-state index is 11.4. The Bertz CT molecular complexity index is 441. The van der Waals surface area contributed by atoms with Gasteiger partial charge in [0.15, 0.2) is 0 Å². The number of ether oxygens (including phenoxy) is 2. The molecule has 4 nitrogen and oxygen atoms in total. The highest BCUT2D eigenvalue weighted by Gasteiger charge is 2.07. The van der Waals surface area contributed by atoms with Crippen molar-refractivity contribution in [3.63, 3.8) is 0 Å². The summed E-state index contributed by atoms with van der Waals surface area (Å²) in [7, 11) is 0. The molecular formula is C14H17NO3. The molecule has 0 unspecified atom stereocenters. The molecule has 0 aromatic heterocycles. The Labute approximate surface area is 107 Å². The van der Waals surface area contributed by atoms with Crippen LogP contribution >= 0.6 is 0 Å². The predicted molar refractivity (Wildman–Crippen MR) is 71.4 cm³/mol. The van der Waals surface area contributed by atoms with Crippen molar-refractivity contribution in [2.45, 2.75) is 6.42 Å². The Balaban J connectivity index is 2.63. The number of carbonyl (C=O) groups is 1. The third kappa shape index (κ3) is 4.33. The van der Waals surface area contributed by atoms with Crippen molar-refractivity contribution in [1.82, 2.24) is 0 Å². The van der Waals surface area contributed by atoms with Crippen molar-refractivity contribution in [2.24, 2.45) is 0 Å². The van der Waals surface area contributed by atoms with E-state index in [-0.39, 0.29) is 19.0 Å². The van der Waals surface area contributed by atoms with Crippen LogP contribution in [-0.4, -0.2) is 19.2 Å². The van der Waals surface area contributed by atoms with Gasteiger partial charge in [0, 0.05) is 0 Å². The van der Waals surface area contributed by atoms with E-state index in [0.29, 0.717) is 18.0 Å². The molecular weight excluding hydrogens is 230 g/mol. The zero-order valence-electron chi connectivity index (χ0n) is 10.2. The molecule has 4 heteroatoms. The lowest BCUT2D eigenvalue weighted by atomic mass is 10.1. The monoisotopic (exact) mass is 247 g/mol. The first-order chi connectivity index (χ1) is 8.67. The summed E-state index contributed by atoms with van der Waals surface area (Å²) in [5.74, 6) is 0.271. The van der Waals surface area contributed by atoms with E-state index in [2.05, 4.69) is 13.2 Å². The average molecular weight is 247 g/mol. The average Bonchev–Trinajstić information content (AvgIpc) is 2.35. The van der Waals surface area contributed by atoms with Crippen molar-refractivity contribution in [3.05, 3.63) is 49.1 Å². The standard InChI is InChI=1S/C14H17NO3/c1-3-7-17-13-6-5-11(9-12(13)15)10-14(16)18-8-4-2/h3-6,9H,1-2,7-8,10,15H2. The maximum Gasteiger partial charge on any atom is 0.310 e. The molecule has 1 rings (SSSR count). The third-order valence-electron chi connectivity index (χ3n) is 2.14. The van der Waals surface area contributed by atoms with Gasteiger partial charge in [-0.25, -0.2) is 0 Å². The van der Waals surface area contributed by atoms with Gasteiger partial charge in [-0.1, -0.05) is 31.4 Å². The molecule has 0 spiro atoms. The highest BCUT2D eigenvalue weighted by Crippen LogP contribution is 2.22. The van der Waals surface area contributed by atoms with Crippen molar-refractivity contribution in [2.75, 3.05) is 18.9 Å². The molecule has 0 radical (unpaired) electrons.